The summed E-state index contributed by atoms with van der Waals surface area (Å²) in [6.45, 7) is 1.85. The number of nitrogens with one attached hydrogen (secondary N) is 1. The Morgan fingerprint density at radius 3 is 2.79 bits per heavy atom. The molecule has 2 aromatic heterocycles. The van der Waals surface area contributed by atoms with Crippen LogP contribution < -0.4 is 11.1 Å². The zero-order valence-electron chi connectivity index (χ0n) is 17.0. The third kappa shape index (κ3) is 4.14. The minimum Gasteiger partial charge on any atom is -0.477 e. The predicted molar refractivity (Wildman–Crippen MR) is 122 cm³/mol. The molecule has 2 amide bonds. The van der Waals surface area contributed by atoms with Gasteiger partial charge in [-0.1, -0.05) is 29.0 Å². The van der Waals surface area contributed by atoms with Crippen molar-refractivity contribution in [3.63, 3.8) is 0 Å². The lowest BCUT2D eigenvalue weighted by atomic mass is 9.83. The lowest BCUT2D eigenvalue weighted by Crippen LogP contribution is -2.71. The van der Waals surface area contributed by atoms with Gasteiger partial charge in [-0.05, 0) is 36.6 Å². The Balaban J connectivity index is 1.53. The second kappa shape index (κ2) is 9.00. The van der Waals surface area contributed by atoms with Gasteiger partial charge in [0.2, 0.25) is 6.04 Å². The number of carbonyl (C=O) groups is 3. The molecule has 172 valence electrons. The van der Waals surface area contributed by atoms with E-state index in [1.165, 1.54) is 16.2 Å². The summed E-state index contributed by atoms with van der Waals surface area (Å²) in [7, 11) is 0. The molecule has 0 aromatic carbocycles. The average molecular weight is 509 g/mol. The number of nitrogen functional groups attached to an aromatic ring is 1. The summed E-state index contributed by atoms with van der Waals surface area (Å²) in [6.07, 6.45) is 4.28. The first-order valence-electron chi connectivity index (χ1n) is 9.65. The van der Waals surface area contributed by atoms with E-state index in [1.54, 1.807) is 17.7 Å². The summed E-state index contributed by atoms with van der Waals surface area (Å²) >= 11 is 8.29. The highest BCUT2D eigenvalue weighted by Crippen LogP contribution is 2.38. The van der Waals surface area contributed by atoms with Crippen molar-refractivity contribution < 1.29 is 19.5 Å². The fourth-order valence-electron chi connectivity index (χ4n) is 3.85. The van der Waals surface area contributed by atoms with E-state index in [4.69, 9.17) is 17.3 Å². The minimum atomic E-state index is -1.58. The molecule has 3 unspecified atom stereocenters. The van der Waals surface area contributed by atoms with E-state index in [2.05, 4.69) is 20.5 Å². The number of rotatable bonds is 7. The molecule has 0 spiro atoms. The molecule has 4 N–H and O–H groups in total. The Kier molecular flexibility index (Phi) is 6.28. The maximum absolute atomic E-state index is 12.8. The quantitative estimate of drug-likeness (QED) is 0.378. The highest BCUT2D eigenvalue weighted by molar-refractivity contribution is 7.19. The summed E-state index contributed by atoms with van der Waals surface area (Å²) in [5.41, 5.74) is 8.37. The summed E-state index contributed by atoms with van der Waals surface area (Å²) in [4.78, 5) is 58.8. The van der Waals surface area contributed by atoms with E-state index in [-0.39, 0.29) is 20.9 Å². The largest absolute Gasteiger partial charge is 0.477 e. The molecule has 0 saturated carbocycles. The van der Waals surface area contributed by atoms with Crippen molar-refractivity contribution in [3.05, 3.63) is 48.4 Å². The first-order chi connectivity index (χ1) is 15.7. The maximum atomic E-state index is 12.8. The Morgan fingerprint density at radius 2 is 2.21 bits per heavy atom. The van der Waals surface area contributed by atoms with Crippen molar-refractivity contribution in [2.75, 3.05) is 5.73 Å². The zero-order valence-corrected chi connectivity index (χ0v) is 19.4. The molecular weight excluding hydrogens is 492 g/mol. The van der Waals surface area contributed by atoms with Crippen LogP contribution in [0.25, 0.3) is 6.08 Å². The number of nitrogens with two attached hydrogens (primary N) is 1. The number of aromatic nitrogens is 2. The van der Waals surface area contributed by atoms with Crippen LogP contribution in [-0.2, 0) is 14.4 Å². The van der Waals surface area contributed by atoms with E-state index in [1.807, 2.05) is 6.92 Å². The highest BCUT2D eigenvalue weighted by Gasteiger charge is 2.53. The van der Waals surface area contributed by atoms with Gasteiger partial charge in [0.15, 0.2) is 5.13 Å². The third-order valence-corrected chi connectivity index (χ3v) is 7.44. The Hall–Kier alpha value is -3.16. The maximum Gasteiger partial charge on any atom is 0.352 e. The molecule has 33 heavy (non-hydrogen) atoms. The molecule has 2 aliphatic heterocycles. The summed E-state index contributed by atoms with van der Waals surface area (Å²) in [5.74, 6) is -2.68. The number of allylic oxidation sites excluding steroid dienone is 2. The van der Waals surface area contributed by atoms with E-state index < -0.39 is 35.9 Å². The van der Waals surface area contributed by atoms with Crippen LogP contribution in [0.3, 0.4) is 0 Å². The van der Waals surface area contributed by atoms with E-state index in [0.717, 1.165) is 21.9 Å². The number of thiazole rings is 2. The van der Waals surface area contributed by atoms with Gasteiger partial charge in [0, 0.05) is 4.88 Å². The molecule has 0 bridgehead atoms. The van der Waals surface area contributed by atoms with Crippen molar-refractivity contribution in [2.45, 2.75) is 37.9 Å². The lowest BCUT2D eigenvalue weighted by molar-refractivity contribution is -0.156. The molecular formula is C19H17ClN6O5S2. The predicted octanol–water partition coefficient (Wildman–Crippen LogP) is 2.49. The topological polar surface area (TPSA) is 168 Å². The normalized spacial score (nSPS) is 21.0. The van der Waals surface area contributed by atoms with Crippen LogP contribution >= 0.6 is 34.3 Å². The number of carboxylic acid groups (broad SMARTS) is 1. The first kappa shape index (κ1) is 23.0. The monoisotopic (exact) mass is 508 g/mol. The fourth-order valence-corrected chi connectivity index (χ4v) is 5.52. The van der Waals surface area contributed by atoms with Crippen molar-refractivity contribution in [1.82, 2.24) is 20.2 Å². The van der Waals surface area contributed by atoms with Crippen LogP contribution in [0.5, 0.6) is 0 Å². The van der Waals surface area contributed by atoms with Gasteiger partial charge in [0.05, 0.1) is 17.2 Å². The van der Waals surface area contributed by atoms with Crippen LogP contribution in [0.4, 0.5) is 5.13 Å². The molecule has 0 radical (unpaired) electrons. The number of aliphatic carboxylic acids is 1. The molecule has 3 atom stereocenters. The summed E-state index contributed by atoms with van der Waals surface area (Å²) in [5, 5.41) is 15.1. The lowest BCUT2D eigenvalue weighted by Gasteiger charge is -2.50. The smallest absolute Gasteiger partial charge is 0.352 e. The van der Waals surface area contributed by atoms with Gasteiger partial charge >= 0.3 is 5.97 Å². The average Bonchev–Trinajstić information content (AvgIpc) is 3.33. The zero-order chi connectivity index (χ0) is 23.9. The number of fused-ring (bicyclic) bond motifs is 1. The van der Waals surface area contributed by atoms with Crippen LogP contribution in [0, 0.1) is 11.8 Å². The number of amides is 2. The molecule has 1 fully saturated rings. The number of hydrogen-bond donors (Lipinski definition) is 3. The highest BCUT2D eigenvalue weighted by atomic mass is 35.5. The number of nitrogens with zero attached hydrogens (tertiary/aromatic N) is 4. The molecule has 2 aliphatic rings. The van der Waals surface area contributed by atoms with Crippen LogP contribution in [-0.4, -0.2) is 49.8 Å². The van der Waals surface area contributed by atoms with Crippen LogP contribution in [0.1, 0.15) is 35.1 Å². The molecule has 0 aliphatic carbocycles. The molecule has 4 heterocycles. The molecule has 1 saturated heterocycles. The van der Waals surface area contributed by atoms with Gasteiger partial charge in [0.1, 0.15) is 21.8 Å². The number of halogens is 1. The molecule has 4 rings (SSSR count). The number of carboxylic acids is 1. The number of aryl methyl sites for hydroxylation is 1. The Labute approximate surface area is 199 Å². The van der Waals surface area contributed by atoms with Gasteiger partial charge in [-0.15, -0.1) is 16.2 Å². The Bertz CT molecular complexity index is 1220. The van der Waals surface area contributed by atoms with Crippen LogP contribution in [0.2, 0.25) is 4.34 Å². The van der Waals surface area contributed by atoms with Gasteiger partial charge in [-0.2, -0.15) is 0 Å². The van der Waals surface area contributed by atoms with Crippen molar-refractivity contribution >= 4 is 63.3 Å². The number of nitroso groups, excluding NO2 is 1. The fraction of sp³-hybridized carbons (Fsp3) is 0.316. The molecule has 2 aromatic rings. The summed E-state index contributed by atoms with van der Waals surface area (Å²) in [6, 6.07) is -3.12. The molecule has 14 heteroatoms. The first-order valence-corrected chi connectivity index (χ1v) is 11.7. The SMILES string of the molecule is Cc1ncsc1C=CC1=C(C(=O)O)N2C(=O)C(NC(=O)C(N=O)c3nc(N)sc3Cl)C2CC1. The van der Waals surface area contributed by atoms with E-state index >= 15 is 0 Å². The van der Waals surface area contributed by atoms with E-state index in [0.29, 0.717) is 18.4 Å². The van der Waals surface area contributed by atoms with Crippen LogP contribution in [0.15, 0.2) is 28.0 Å². The number of β-lactam (4-membered cyclic amide) rings is 1. The number of carbonyl (C=O) groups excluding carboxylic acids is 2. The molecule has 11 nitrogen and oxygen atoms in total. The Morgan fingerprint density at radius 1 is 1.45 bits per heavy atom. The van der Waals surface area contributed by atoms with Crippen molar-refractivity contribution in [1.29, 1.82) is 0 Å². The minimum absolute atomic E-state index is 0.0511. The van der Waals surface area contributed by atoms with Gasteiger partial charge in [-0.25, -0.2) is 14.8 Å². The third-order valence-electron chi connectivity index (χ3n) is 5.43. The van der Waals surface area contributed by atoms with Gasteiger partial charge < -0.3 is 16.2 Å². The number of hydrogen-bond acceptors (Lipinski definition) is 10. The van der Waals surface area contributed by atoms with Gasteiger partial charge in [-0.3, -0.25) is 14.5 Å². The van der Waals surface area contributed by atoms with E-state index in [9.17, 15) is 24.4 Å². The second-order valence-electron chi connectivity index (χ2n) is 7.33. The van der Waals surface area contributed by atoms with Crippen molar-refractivity contribution in [3.8, 4) is 0 Å². The second-order valence-corrected chi connectivity index (χ2v) is 9.85. The van der Waals surface area contributed by atoms with Crippen molar-refractivity contribution in [2.24, 2.45) is 5.18 Å². The standard InChI is InChI=1S/C19H17ClN6O5S2/c1-7-10(32-6-22-7)5-3-8-2-4-9-11(17(28)26(9)14(8)18(29)30)23-16(27)13(25-31)12-15(20)33-19(21)24-12/h3,5-6,9,11,13H,2,4H2,1H3,(H2,21,24)(H,23,27)(H,29,30). The number of anilines is 1. The van der Waals surface area contributed by atoms with Gasteiger partial charge in [0.25, 0.3) is 11.8 Å². The summed E-state index contributed by atoms with van der Waals surface area (Å²) < 4.78 is 0.0511.